The van der Waals surface area contributed by atoms with Gasteiger partial charge in [0.1, 0.15) is 0 Å². The molecule has 0 aliphatic rings. The minimum absolute atomic E-state index is 0.329. The van der Waals surface area contributed by atoms with E-state index in [1.807, 2.05) is 18.4 Å². The molecule has 0 saturated carbocycles. The van der Waals surface area contributed by atoms with E-state index < -0.39 is 10.2 Å². The van der Waals surface area contributed by atoms with Gasteiger partial charge >= 0.3 is 0 Å². The van der Waals surface area contributed by atoms with Crippen molar-refractivity contribution in [3.63, 3.8) is 0 Å². The van der Waals surface area contributed by atoms with Crippen molar-refractivity contribution in [2.45, 2.75) is 19.9 Å². The molecule has 0 fully saturated rings. The summed E-state index contributed by atoms with van der Waals surface area (Å²) in [4.78, 5) is 0.976. The van der Waals surface area contributed by atoms with E-state index in [9.17, 15) is 8.42 Å². The second-order valence-corrected chi connectivity index (χ2v) is 6.45. The lowest BCUT2D eigenvalue weighted by molar-refractivity contribution is 0.566. The zero-order valence-corrected chi connectivity index (χ0v) is 11.5. The van der Waals surface area contributed by atoms with E-state index in [1.54, 1.807) is 0 Å². The molecule has 0 unspecified atom stereocenters. The maximum atomic E-state index is 11.3. The summed E-state index contributed by atoms with van der Waals surface area (Å²) in [7, 11) is -3.34. The lowest BCUT2D eigenvalue weighted by Gasteiger charge is -2.05. The molecule has 1 heterocycles. The number of nitrogens with one attached hydrogen (secondary N) is 2. The molecule has 1 rings (SSSR count). The maximum Gasteiger partial charge on any atom is 0.277 e. The van der Waals surface area contributed by atoms with E-state index in [1.165, 1.54) is 11.3 Å². The van der Waals surface area contributed by atoms with Gasteiger partial charge in [0.2, 0.25) is 0 Å². The fourth-order valence-electron chi connectivity index (χ4n) is 0.900. The van der Waals surface area contributed by atoms with Gasteiger partial charge in [-0.25, -0.2) is 4.72 Å². The Hall–Kier alpha value is 0.0500. The van der Waals surface area contributed by atoms with Crippen LogP contribution in [-0.4, -0.2) is 15.0 Å². The quantitative estimate of drug-likeness (QED) is 0.842. The van der Waals surface area contributed by atoms with Crippen LogP contribution in [0, 0.1) is 0 Å². The summed E-state index contributed by atoms with van der Waals surface area (Å²) >= 11 is 4.82. The van der Waals surface area contributed by atoms with Crippen LogP contribution in [0.4, 0.5) is 0 Å². The molecule has 7 heteroatoms. The number of hydrogen-bond acceptors (Lipinski definition) is 3. The first-order valence-electron chi connectivity index (χ1n) is 4.50. The van der Waals surface area contributed by atoms with Gasteiger partial charge in [0.25, 0.3) is 10.2 Å². The van der Waals surface area contributed by atoms with Crippen molar-refractivity contribution in [3.05, 3.63) is 20.8 Å². The molecule has 0 amide bonds. The Kier molecular flexibility index (Phi) is 5.20. The van der Waals surface area contributed by atoms with Crippen molar-refractivity contribution in [1.29, 1.82) is 0 Å². The molecule has 0 aromatic carbocycles. The summed E-state index contributed by atoms with van der Waals surface area (Å²) in [5.74, 6) is 0. The molecule has 0 aliphatic carbocycles. The van der Waals surface area contributed by atoms with Crippen molar-refractivity contribution in [2.24, 2.45) is 0 Å². The monoisotopic (exact) mass is 312 g/mol. The largest absolute Gasteiger partial charge is 0.277 e. The SMILES string of the molecule is CCCNS(=O)(=O)NCc1cc(Br)cs1. The average molecular weight is 313 g/mol. The van der Waals surface area contributed by atoms with Crippen LogP contribution >= 0.6 is 27.3 Å². The third-order valence-electron chi connectivity index (χ3n) is 1.60. The highest BCUT2D eigenvalue weighted by molar-refractivity contribution is 9.10. The van der Waals surface area contributed by atoms with Crippen LogP contribution in [0.25, 0.3) is 0 Å². The number of halogens is 1. The van der Waals surface area contributed by atoms with E-state index in [0.717, 1.165) is 15.8 Å². The molecule has 0 aliphatic heterocycles. The van der Waals surface area contributed by atoms with Crippen LogP contribution in [-0.2, 0) is 16.8 Å². The Bertz CT molecular complexity index is 403. The van der Waals surface area contributed by atoms with Crippen molar-refractivity contribution >= 4 is 37.5 Å². The highest BCUT2D eigenvalue weighted by atomic mass is 79.9. The van der Waals surface area contributed by atoms with Gasteiger partial charge in [-0.15, -0.1) is 11.3 Å². The van der Waals surface area contributed by atoms with Gasteiger partial charge in [-0.3, -0.25) is 0 Å². The van der Waals surface area contributed by atoms with Gasteiger partial charge < -0.3 is 0 Å². The lowest BCUT2D eigenvalue weighted by Crippen LogP contribution is -2.36. The fraction of sp³-hybridized carbons (Fsp3) is 0.500. The van der Waals surface area contributed by atoms with Crippen molar-refractivity contribution < 1.29 is 8.42 Å². The molecule has 1 aromatic heterocycles. The minimum Gasteiger partial charge on any atom is -0.202 e. The second-order valence-electron chi connectivity index (χ2n) is 2.95. The van der Waals surface area contributed by atoms with E-state index in [0.29, 0.717) is 13.1 Å². The first kappa shape index (κ1) is 13.1. The van der Waals surface area contributed by atoms with Gasteiger partial charge in [0.05, 0.1) is 0 Å². The van der Waals surface area contributed by atoms with Gasteiger partial charge in [-0.05, 0) is 28.4 Å². The third kappa shape index (κ3) is 5.07. The summed E-state index contributed by atoms with van der Waals surface area (Å²) in [6.45, 7) is 2.71. The Morgan fingerprint density at radius 1 is 1.47 bits per heavy atom. The predicted octanol–water partition coefficient (Wildman–Crippen LogP) is 1.84. The normalized spacial score (nSPS) is 11.9. The van der Waals surface area contributed by atoms with Crippen LogP contribution in [0.3, 0.4) is 0 Å². The molecule has 0 atom stereocenters. The molecular formula is C8H13BrN2O2S2. The van der Waals surface area contributed by atoms with E-state index in [-0.39, 0.29) is 0 Å². The van der Waals surface area contributed by atoms with Crippen molar-refractivity contribution in [3.8, 4) is 0 Å². The smallest absolute Gasteiger partial charge is 0.202 e. The molecule has 15 heavy (non-hydrogen) atoms. The van der Waals surface area contributed by atoms with Crippen LogP contribution in [0.2, 0.25) is 0 Å². The Balaban J connectivity index is 2.42. The summed E-state index contributed by atoms with van der Waals surface area (Å²) in [5.41, 5.74) is 0. The summed E-state index contributed by atoms with van der Waals surface area (Å²) in [6, 6.07) is 1.90. The van der Waals surface area contributed by atoms with Crippen LogP contribution < -0.4 is 9.44 Å². The first-order valence-corrected chi connectivity index (χ1v) is 7.66. The van der Waals surface area contributed by atoms with Crippen LogP contribution in [0.1, 0.15) is 18.2 Å². The first-order chi connectivity index (χ1) is 7.03. The van der Waals surface area contributed by atoms with Gasteiger partial charge in [-0.1, -0.05) is 6.92 Å². The fourth-order valence-corrected chi connectivity index (χ4v) is 3.30. The predicted molar refractivity (Wildman–Crippen MR) is 66.1 cm³/mol. The molecule has 0 spiro atoms. The zero-order valence-electron chi connectivity index (χ0n) is 8.29. The zero-order chi connectivity index (χ0) is 11.3. The van der Waals surface area contributed by atoms with Crippen LogP contribution in [0.15, 0.2) is 15.9 Å². The number of hydrogen-bond donors (Lipinski definition) is 2. The van der Waals surface area contributed by atoms with Gasteiger partial charge in [0.15, 0.2) is 0 Å². The van der Waals surface area contributed by atoms with E-state index in [2.05, 4.69) is 25.4 Å². The molecule has 2 N–H and O–H groups in total. The summed E-state index contributed by atoms with van der Waals surface area (Å²) in [6.07, 6.45) is 0.783. The Morgan fingerprint density at radius 3 is 2.73 bits per heavy atom. The minimum atomic E-state index is -3.34. The molecule has 0 bridgehead atoms. The van der Waals surface area contributed by atoms with E-state index in [4.69, 9.17) is 0 Å². The Morgan fingerprint density at radius 2 is 2.20 bits per heavy atom. The number of rotatable bonds is 6. The molecule has 86 valence electrons. The number of thiophene rings is 1. The van der Waals surface area contributed by atoms with Gasteiger partial charge in [0, 0.05) is 27.8 Å². The molecule has 4 nitrogen and oxygen atoms in total. The standard InChI is InChI=1S/C8H13BrN2O2S2/c1-2-3-10-15(12,13)11-5-8-4-7(9)6-14-8/h4,6,10-11H,2-3,5H2,1H3. The lowest BCUT2D eigenvalue weighted by atomic mass is 10.5. The van der Waals surface area contributed by atoms with Crippen molar-refractivity contribution in [2.75, 3.05) is 6.54 Å². The second kappa shape index (κ2) is 5.95. The van der Waals surface area contributed by atoms with Gasteiger partial charge in [-0.2, -0.15) is 13.1 Å². The average Bonchev–Trinajstić information content (AvgIpc) is 2.59. The summed E-state index contributed by atoms with van der Waals surface area (Å²) in [5, 5.41) is 1.92. The maximum absolute atomic E-state index is 11.3. The molecule has 1 aromatic rings. The van der Waals surface area contributed by atoms with Crippen molar-refractivity contribution in [1.82, 2.24) is 9.44 Å². The highest BCUT2D eigenvalue weighted by Gasteiger charge is 2.08. The Labute approximate surface area is 102 Å². The third-order valence-corrected chi connectivity index (χ3v) is 4.41. The summed E-state index contributed by atoms with van der Waals surface area (Å²) < 4.78 is 28.6. The van der Waals surface area contributed by atoms with Crippen LogP contribution in [0.5, 0.6) is 0 Å². The molecule has 0 saturated heterocycles. The van der Waals surface area contributed by atoms with E-state index >= 15 is 0 Å². The highest BCUT2D eigenvalue weighted by Crippen LogP contribution is 2.19. The topological polar surface area (TPSA) is 58.2 Å². The molecular weight excluding hydrogens is 300 g/mol. The molecule has 0 radical (unpaired) electrons.